The molecule has 12 heavy (non-hydrogen) atoms. The minimum atomic E-state index is 0.491. The molecule has 1 saturated carbocycles. The fourth-order valence-electron chi connectivity index (χ4n) is 1.79. The Balaban J connectivity index is 2.05. The molecule has 0 aromatic heterocycles. The number of rotatable bonds is 6. The monoisotopic (exact) mass is 188 g/mol. The van der Waals surface area contributed by atoms with E-state index in [0.29, 0.717) is 5.38 Å². The zero-order valence-electron chi connectivity index (χ0n) is 8.35. The molecule has 0 aliphatic heterocycles. The summed E-state index contributed by atoms with van der Waals surface area (Å²) in [6.45, 7) is 4.57. The van der Waals surface area contributed by atoms with Gasteiger partial charge in [0.05, 0.1) is 0 Å². The molecule has 1 unspecified atom stereocenters. The van der Waals surface area contributed by atoms with Crippen molar-refractivity contribution in [2.24, 2.45) is 11.8 Å². The molecule has 1 fully saturated rings. The third kappa shape index (κ3) is 3.35. The van der Waals surface area contributed by atoms with E-state index in [2.05, 4.69) is 13.8 Å². The summed E-state index contributed by atoms with van der Waals surface area (Å²) in [6.07, 6.45) is 8.01. The van der Waals surface area contributed by atoms with Gasteiger partial charge in [-0.2, -0.15) is 0 Å². The molecule has 0 aromatic rings. The zero-order chi connectivity index (χ0) is 8.97. The zero-order valence-corrected chi connectivity index (χ0v) is 9.11. The number of hydrogen-bond acceptors (Lipinski definition) is 0. The SMILES string of the molecule is CCC(CC)CCC(Cl)C1CC1. The lowest BCUT2D eigenvalue weighted by Gasteiger charge is -2.14. The summed E-state index contributed by atoms with van der Waals surface area (Å²) in [5.41, 5.74) is 0. The Labute approximate surface area is 81.7 Å². The lowest BCUT2D eigenvalue weighted by atomic mass is 9.96. The molecule has 0 heterocycles. The van der Waals surface area contributed by atoms with Crippen molar-refractivity contribution < 1.29 is 0 Å². The van der Waals surface area contributed by atoms with Gasteiger partial charge in [-0.3, -0.25) is 0 Å². The molecule has 1 aliphatic carbocycles. The van der Waals surface area contributed by atoms with Gasteiger partial charge in [0.25, 0.3) is 0 Å². The van der Waals surface area contributed by atoms with Crippen molar-refractivity contribution in [3.63, 3.8) is 0 Å². The van der Waals surface area contributed by atoms with E-state index in [1.165, 1.54) is 38.5 Å². The van der Waals surface area contributed by atoms with Crippen LogP contribution in [-0.2, 0) is 0 Å². The quantitative estimate of drug-likeness (QED) is 0.548. The smallest absolute Gasteiger partial charge is 0.0364 e. The molecule has 0 bridgehead atoms. The molecule has 1 heteroatoms. The highest BCUT2D eigenvalue weighted by atomic mass is 35.5. The maximum absolute atomic E-state index is 6.24. The highest BCUT2D eigenvalue weighted by Crippen LogP contribution is 2.38. The maximum atomic E-state index is 6.24. The molecule has 0 N–H and O–H groups in total. The average molecular weight is 189 g/mol. The van der Waals surface area contributed by atoms with Crippen molar-refractivity contribution in [2.75, 3.05) is 0 Å². The summed E-state index contributed by atoms with van der Waals surface area (Å²) in [5, 5.41) is 0.491. The predicted molar refractivity (Wildman–Crippen MR) is 55.7 cm³/mol. The van der Waals surface area contributed by atoms with E-state index in [1.54, 1.807) is 0 Å². The van der Waals surface area contributed by atoms with Crippen molar-refractivity contribution in [3.8, 4) is 0 Å². The summed E-state index contributed by atoms with van der Waals surface area (Å²) in [5.74, 6) is 1.80. The first kappa shape index (κ1) is 10.4. The highest BCUT2D eigenvalue weighted by molar-refractivity contribution is 6.20. The summed E-state index contributed by atoms with van der Waals surface area (Å²) in [7, 11) is 0. The van der Waals surface area contributed by atoms with Crippen molar-refractivity contribution in [1.82, 2.24) is 0 Å². The fourth-order valence-corrected chi connectivity index (χ4v) is 2.16. The van der Waals surface area contributed by atoms with E-state index >= 15 is 0 Å². The average Bonchev–Trinajstić information content (AvgIpc) is 2.88. The van der Waals surface area contributed by atoms with Gasteiger partial charge in [0.1, 0.15) is 0 Å². The van der Waals surface area contributed by atoms with Gasteiger partial charge >= 0.3 is 0 Å². The fraction of sp³-hybridized carbons (Fsp3) is 1.00. The van der Waals surface area contributed by atoms with Crippen LogP contribution in [0.15, 0.2) is 0 Å². The Bertz CT molecular complexity index is 112. The van der Waals surface area contributed by atoms with E-state index in [1.807, 2.05) is 0 Å². The molecule has 0 spiro atoms. The molecule has 0 saturated heterocycles. The van der Waals surface area contributed by atoms with Crippen LogP contribution in [0.3, 0.4) is 0 Å². The Morgan fingerprint density at radius 2 is 1.75 bits per heavy atom. The Morgan fingerprint density at radius 3 is 2.17 bits per heavy atom. The lowest BCUT2D eigenvalue weighted by Crippen LogP contribution is -2.05. The molecule has 1 atom stereocenters. The van der Waals surface area contributed by atoms with Gasteiger partial charge in [-0.05, 0) is 37.5 Å². The van der Waals surface area contributed by atoms with Crippen molar-refractivity contribution in [3.05, 3.63) is 0 Å². The van der Waals surface area contributed by atoms with Gasteiger partial charge < -0.3 is 0 Å². The van der Waals surface area contributed by atoms with E-state index in [4.69, 9.17) is 11.6 Å². The molecule has 0 amide bonds. The largest absolute Gasteiger partial charge is 0.123 e. The number of alkyl halides is 1. The van der Waals surface area contributed by atoms with Crippen LogP contribution >= 0.6 is 11.6 Å². The number of hydrogen-bond donors (Lipinski definition) is 0. The van der Waals surface area contributed by atoms with Crippen molar-refractivity contribution in [2.45, 2.75) is 57.7 Å². The van der Waals surface area contributed by atoms with E-state index in [9.17, 15) is 0 Å². The summed E-state index contributed by atoms with van der Waals surface area (Å²) in [4.78, 5) is 0. The number of halogens is 1. The third-order valence-corrected chi connectivity index (χ3v) is 3.71. The second kappa shape index (κ2) is 5.11. The predicted octanol–water partition coefficient (Wildman–Crippen LogP) is 4.22. The van der Waals surface area contributed by atoms with Crippen LogP contribution in [0.5, 0.6) is 0 Å². The van der Waals surface area contributed by atoms with Crippen molar-refractivity contribution in [1.29, 1.82) is 0 Å². The molecule has 1 rings (SSSR count). The van der Waals surface area contributed by atoms with Crippen LogP contribution in [0, 0.1) is 11.8 Å². The lowest BCUT2D eigenvalue weighted by molar-refractivity contribution is 0.429. The van der Waals surface area contributed by atoms with E-state index < -0.39 is 0 Å². The first-order valence-electron chi connectivity index (χ1n) is 5.42. The van der Waals surface area contributed by atoms with Crippen LogP contribution in [0.2, 0.25) is 0 Å². The molecule has 1 aliphatic rings. The minimum absolute atomic E-state index is 0.491. The van der Waals surface area contributed by atoms with Crippen LogP contribution < -0.4 is 0 Å². The Kier molecular flexibility index (Phi) is 4.42. The summed E-state index contributed by atoms with van der Waals surface area (Å²) >= 11 is 6.24. The highest BCUT2D eigenvalue weighted by Gasteiger charge is 2.29. The molecular weight excluding hydrogens is 168 g/mol. The van der Waals surface area contributed by atoms with Crippen LogP contribution in [0.1, 0.15) is 52.4 Å². The maximum Gasteiger partial charge on any atom is 0.0364 e. The molecule has 0 radical (unpaired) electrons. The van der Waals surface area contributed by atoms with Gasteiger partial charge in [0, 0.05) is 5.38 Å². The second-order valence-electron chi connectivity index (χ2n) is 4.11. The van der Waals surface area contributed by atoms with Gasteiger partial charge in [-0.1, -0.05) is 26.7 Å². The first-order valence-corrected chi connectivity index (χ1v) is 5.85. The molecule has 0 nitrogen and oxygen atoms in total. The Hall–Kier alpha value is 0.290. The Morgan fingerprint density at radius 1 is 1.17 bits per heavy atom. The van der Waals surface area contributed by atoms with Crippen LogP contribution in [0.4, 0.5) is 0 Å². The van der Waals surface area contributed by atoms with E-state index in [-0.39, 0.29) is 0 Å². The molecule has 0 aromatic carbocycles. The van der Waals surface area contributed by atoms with Gasteiger partial charge in [0.2, 0.25) is 0 Å². The van der Waals surface area contributed by atoms with Gasteiger partial charge in [-0.25, -0.2) is 0 Å². The standard InChI is InChI=1S/C11H21Cl/c1-3-9(4-2)5-8-11(12)10-6-7-10/h9-11H,3-8H2,1-2H3. The van der Waals surface area contributed by atoms with Gasteiger partial charge in [0.15, 0.2) is 0 Å². The normalized spacial score (nSPS) is 20.0. The second-order valence-corrected chi connectivity index (χ2v) is 4.67. The van der Waals surface area contributed by atoms with Crippen LogP contribution in [0.25, 0.3) is 0 Å². The topological polar surface area (TPSA) is 0 Å². The van der Waals surface area contributed by atoms with Crippen LogP contribution in [-0.4, -0.2) is 5.38 Å². The van der Waals surface area contributed by atoms with Crippen molar-refractivity contribution >= 4 is 11.6 Å². The summed E-state index contributed by atoms with van der Waals surface area (Å²) < 4.78 is 0. The minimum Gasteiger partial charge on any atom is -0.123 e. The third-order valence-electron chi connectivity index (χ3n) is 3.14. The molecular formula is C11H21Cl. The summed E-state index contributed by atoms with van der Waals surface area (Å²) in [6, 6.07) is 0. The molecule has 72 valence electrons. The first-order chi connectivity index (χ1) is 5.77. The van der Waals surface area contributed by atoms with E-state index in [0.717, 1.165) is 11.8 Å². The van der Waals surface area contributed by atoms with Gasteiger partial charge in [-0.15, -0.1) is 11.6 Å².